The van der Waals surface area contributed by atoms with Gasteiger partial charge in [-0.15, -0.1) is 0 Å². The Morgan fingerprint density at radius 2 is 1.41 bits per heavy atom. The highest BCUT2D eigenvalue weighted by Crippen LogP contribution is 2.35. The van der Waals surface area contributed by atoms with Crippen LogP contribution in [0.2, 0.25) is 0 Å². The van der Waals surface area contributed by atoms with Gasteiger partial charge in [0.1, 0.15) is 5.69 Å². The Labute approximate surface area is 139 Å². The minimum Gasteiger partial charge on any atom is -0.298 e. The van der Waals surface area contributed by atoms with Crippen molar-refractivity contribution >= 4 is 5.69 Å². The molecule has 1 heteroatoms. The van der Waals surface area contributed by atoms with Crippen molar-refractivity contribution in [2.24, 2.45) is 0 Å². The average molecular weight is 305 g/mol. The summed E-state index contributed by atoms with van der Waals surface area (Å²) in [5, 5.41) is 0. The van der Waals surface area contributed by atoms with Crippen LogP contribution in [0.15, 0.2) is 24.3 Å². The summed E-state index contributed by atoms with van der Waals surface area (Å²) in [6, 6.07) is 9.10. The van der Waals surface area contributed by atoms with Crippen molar-refractivity contribution in [3.8, 4) is 0 Å². The molecule has 22 heavy (non-hydrogen) atoms. The van der Waals surface area contributed by atoms with E-state index in [1.807, 2.05) is 0 Å². The maximum absolute atomic E-state index is 2.37. The highest BCUT2D eigenvalue weighted by Gasteiger charge is 2.22. The molecule has 1 atom stereocenters. The lowest BCUT2D eigenvalue weighted by Gasteiger charge is -2.29. The van der Waals surface area contributed by atoms with Crippen LogP contribution in [0.1, 0.15) is 83.1 Å². The van der Waals surface area contributed by atoms with Crippen LogP contribution in [-0.4, -0.2) is 21.1 Å². The van der Waals surface area contributed by atoms with Crippen LogP contribution in [0.25, 0.3) is 0 Å². The molecule has 0 aliphatic carbocycles. The van der Waals surface area contributed by atoms with E-state index in [0.717, 1.165) is 10.4 Å². The molecule has 1 aromatic rings. The summed E-state index contributed by atoms with van der Waals surface area (Å²) < 4.78 is 0.923. The Bertz CT molecular complexity index is 403. The fraction of sp³-hybridized carbons (Fsp3) is 0.714. The standard InChI is InChI=1S/C21H38N/c1-6-8-9-10-11-12-16-19(15-7-2)20-17-13-14-18-21(20)22(3,4)5/h13-14,17-19H,6-12,15-16H2,1-5H3/q+1. The first-order chi connectivity index (χ1) is 10.5. The predicted molar refractivity (Wildman–Crippen MR) is 102 cm³/mol. The van der Waals surface area contributed by atoms with Gasteiger partial charge in [-0.25, -0.2) is 0 Å². The number of nitrogens with zero attached hydrogens (tertiary/aromatic N) is 1. The lowest BCUT2D eigenvalue weighted by molar-refractivity contribution is 0.463. The van der Waals surface area contributed by atoms with E-state index < -0.39 is 0 Å². The number of unbranched alkanes of at least 4 members (excludes halogenated alkanes) is 5. The lowest BCUT2D eigenvalue weighted by atomic mass is 9.87. The van der Waals surface area contributed by atoms with Gasteiger partial charge in [0.05, 0.1) is 21.1 Å². The number of para-hydroxylation sites is 1. The Morgan fingerprint density at radius 1 is 0.773 bits per heavy atom. The summed E-state index contributed by atoms with van der Waals surface area (Å²) >= 11 is 0. The van der Waals surface area contributed by atoms with E-state index >= 15 is 0 Å². The predicted octanol–water partition coefficient (Wildman–Crippen LogP) is 6.52. The minimum absolute atomic E-state index is 0.740. The highest BCUT2D eigenvalue weighted by atomic mass is 15.3. The van der Waals surface area contributed by atoms with Crippen LogP contribution < -0.4 is 4.48 Å². The van der Waals surface area contributed by atoms with E-state index in [9.17, 15) is 0 Å². The first kappa shape index (κ1) is 19.2. The fourth-order valence-corrected chi connectivity index (χ4v) is 3.42. The third kappa shape index (κ3) is 6.52. The molecule has 0 spiro atoms. The summed E-state index contributed by atoms with van der Waals surface area (Å²) in [7, 11) is 6.85. The SMILES string of the molecule is CCCCCCCCC(CCC)c1ccccc1[N+](C)(C)C. The topological polar surface area (TPSA) is 0 Å². The molecule has 0 amide bonds. The van der Waals surface area contributed by atoms with Crippen molar-refractivity contribution in [1.29, 1.82) is 0 Å². The second kappa shape index (κ2) is 10.0. The zero-order valence-electron chi connectivity index (χ0n) is 15.7. The Hall–Kier alpha value is -0.820. The quantitative estimate of drug-likeness (QED) is 0.322. The first-order valence-corrected chi connectivity index (χ1v) is 9.41. The number of benzene rings is 1. The monoisotopic (exact) mass is 304 g/mol. The summed E-state index contributed by atoms with van der Waals surface area (Å²) in [5.41, 5.74) is 3.08. The highest BCUT2D eigenvalue weighted by molar-refractivity contribution is 5.51. The first-order valence-electron chi connectivity index (χ1n) is 9.41. The van der Waals surface area contributed by atoms with Gasteiger partial charge in [-0.3, -0.25) is 4.48 Å². The number of hydrogen-bond acceptors (Lipinski definition) is 0. The fourth-order valence-electron chi connectivity index (χ4n) is 3.42. The minimum atomic E-state index is 0.740. The molecule has 0 aliphatic rings. The molecule has 0 saturated carbocycles. The number of quaternary nitrogens is 1. The molecule has 1 aromatic carbocycles. The van der Waals surface area contributed by atoms with Crippen molar-refractivity contribution < 1.29 is 0 Å². The van der Waals surface area contributed by atoms with Gasteiger partial charge < -0.3 is 0 Å². The van der Waals surface area contributed by atoms with E-state index in [2.05, 4.69) is 59.3 Å². The van der Waals surface area contributed by atoms with E-state index in [4.69, 9.17) is 0 Å². The van der Waals surface area contributed by atoms with E-state index in [1.165, 1.54) is 63.5 Å². The molecule has 1 rings (SSSR count). The Kier molecular flexibility index (Phi) is 8.78. The molecule has 0 aromatic heterocycles. The Balaban J connectivity index is 2.67. The van der Waals surface area contributed by atoms with E-state index in [1.54, 1.807) is 5.56 Å². The zero-order chi connectivity index (χ0) is 16.4. The summed E-state index contributed by atoms with van der Waals surface area (Å²) in [6.45, 7) is 4.61. The molecule has 0 saturated heterocycles. The maximum Gasteiger partial charge on any atom is 0.135 e. The van der Waals surface area contributed by atoms with Crippen LogP contribution in [0.4, 0.5) is 5.69 Å². The van der Waals surface area contributed by atoms with Gasteiger partial charge in [-0.2, -0.15) is 0 Å². The third-order valence-electron chi connectivity index (χ3n) is 4.64. The molecule has 0 radical (unpaired) electrons. The van der Waals surface area contributed by atoms with Crippen molar-refractivity contribution in [3.63, 3.8) is 0 Å². The Morgan fingerprint density at radius 3 is 2.05 bits per heavy atom. The van der Waals surface area contributed by atoms with Crippen LogP contribution >= 0.6 is 0 Å². The van der Waals surface area contributed by atoms with Crippen molar-refractivity contribution in [2.75, 3.05) is 21.1 Å². The number of hydrogen-bond donors (Lipinski definition) is 0. The molecular formula is C21H38N+. The molecule has 0 fully saturated rings. The van der Waals surface area contributed by atoms with E-state index in [-0.39, 0.29) is 0 Å². The van der Waals surface area contributed by atoms with Crippen LogP contribution in [0, 0.1) is 0 Å². The summed E-state index contributed by atoms with van der Waals surface area (Å²) in [4.78, 5) is 0. The van der Waals surface area contributed by atoms with Gasteiger partial charge in [0.25, 0.3) is 0 Å². The van der Waals surface area contributed by atoms with Gasteiger partial charge >= 0.3 is 0 Å². The van der Waals surface area contributed by atoms with Crippen LogP contribution in [0.5, 0.6) is 0 Å². The lowest BCUT2D eigenvalue weighted by Crippen LogP contribution is -2.36. The molecule has 0 N–H and O–H groups in total. The molecular weight excluding hydrogens is 266 g/mol. The summed E-state index contributed by atoms with van der Waals surface area (Å²) in [6.07, 6.45) is 12.4. The average Bonchev–Trinajstić information content (AvgIpc) is 2.49. The van der Waals surface area contributed by atoms with Gasteiger partial charge in [-0.1, -0.05) is 77.0 Å². The van der Waals surface area contributed by atoms with Crippen LogP contribution in [-0.2, 0) is 0 Å². The van der Waals surface area contributed by atoms with Crippen molar-refractivity contribution in [3.05, 3.63) is 29.8 Å². The van der Waals surface area contributed by atoms with Crippen molar-refractivity contribution in [1.82, 2.24) is 4.48 Å². The zero-order valence-corrected chi connectivity index (χ0v) is 15.7. The second-order valence-electron chi connectivity index (χ2n) is 7.61. The maximum atomic E-state index is 2.37. The normalized spacial score (nSPS) is 13.3. The molecule has 1 nitrogen and oxygen atoms in total. The van der Waals surface area contributed by atoms with Gasteiger partial charge in [0.2, 0.25) is 0 Å². The molecule has 126 valence electrons. The van der Waals surface area contributed by atoms with Gasteiger partial charge in [0, 0.05) is 5.56 Å². The van der Waals surface area contributed by atoms with Crippen molar-refractivity contribution in [2.45, 2.75) is 77.6 Å². The smallest absolute Gasteiger partial charge is 0.135 e. The van der Waals surface area contributed by atoms with Gasteiger partial charge in [-0.05, 0) is 24.8 Å². The molecule has 0 heterocycles. The largest absolute Gasteiger partial charge is 0.298 e. The molecule has 0 aliphatic heterocycles. The number of rotatable bonds is 11. The van der Waals surface area contributed by atoms with E-state index in [0.29, 0.717) is 0 Å². The summed E-state index contributed by atoms with van der Waals surface area (Å²) in [5.74, 6) is 0.740. The second-order valence-corrected chi connectivity index (χ2v) is 7.61. The van der Waals surface area contributed by atoms with Gasteiger partial charge in [0.15, 0.2) is 0 Å². The third-order valence-corrected chi connectivity index (χ3v) is 4.64. The molecule has 0 bridgehead atoms. The molecule has 1 unspecified atom stereocenters. The van der Waals surface area contributed by atoms with Crippen LogP contribution in [0.3, 0.4) is 0 Å².